The molecule has 0 saturated carbocycles. The standard InChI is InChI=1S/C20H26N6O3S/c1-13(2)29-20-17-11-16(5-6-18(17)21-12-22-20)25-7-9-26(10-8-25)30(27,28)19-14(3)23-24-15(19)4/h5-6,11-13H,7-10H2,1-4H3,(H,23,24). The number of nitrogens with zero attached hydrogens (tertiary/aromatic N) is 5. The van der Waals surface area contributed by atoms with Gasteiger partial charge in [-0.3, -0.25) is 5.10 Å². The second-order valence-electron chi connectivity index (χ2n) is 7.70. The molecule has 1 aromatic carbocycles. The fourth-order valence-electron chi connectivity index (χ4n) is 3.77. The molecule has 10 heteroatoms. The largest absolute Gasteiger partial charge is 0.474 e. The summed E-state index contributed by atoms with van der Waals surface area (Å²) in [5.41, 5.74) is 2.89. The zero-order valence-electron chi connectivity index (χ0n) is 17.6. The molecule has 1 saturated heterocycles. The molecule has 4 rings (SSSR count). The maximum absolute atomic E-state index is 13.1. The number of hydrogen-bond acceptors (Lipinski definition) is 7. The molecule has 0 bridgehead atoms. The van der Waals surface area contributed by atoms with Crippen LogP contribution in [0.3, 0.4) is 0 Å². The average molecular weight is 431 g/mol. The van der Waals surface area contributed by atoms with Crippen molar-refractivity contribution in [2.24, 2.45) is 0 Å². The van der Waals surface area contributed by atoms with E-state index in [1.807, 2.05) is 32.0 Å². The summed E-state index contributed by atoms with van der Waals surface area (Å²) >= 11 is 0. The van der Waals surface area contributed by atoms with Crippen molar-refractivity contribution in [2.45, 2.75) is 38.7 Å². The van der Waals surface area contributed by atoms with Crippen molar-refractivity contribution < 1.29 is 13.2 Å². The van der Waals surface area contributed by atoms with E-state index in [4.69, 9.17) is 4.74 Å². The third-order valence-corrected chi connectivity index (χ3v) is 7.35. The van der Waals surface area contributed by atoms with E-state index in [2.05, 4.69) is 25.1 Å². The van der Waals surface area contributed by atoms with E-state index in [1.54, 1.807) is 13.8 Å². The van der Waals surface area contributed by atoms with Crippen molar-refractivity contribution in [1.82, 2.24) is 24.5 Å². The molecule has 0 unspecified atom stereocenters. The van der Waals surface area contributed by atoms with E-state index < -0.39 is 10.0 Å². The number of ether oxygens (including phenoxy) is 1. The first-order valence-electron chi connectivity index (χ1n) is 9.95. The molecule has 3 heterocycles. The molecular weight excluding hydrogens is 404 g/mol. The number of aromatic amines is 1. The van der Waals surface area contributed by atoms with Gasteiger partial charge in [-0.25, -0.2) is 18.4 Å². The molecule has 0 amide bonds. The van der Waals surface area contributed by atoms with Crippen molar-refractivity contribution in [3.63, 3.8) is 0 Å². The fourth-order valence-corrected chi connectivity index (χ4v) is 5.53. The molecule has 1 N–H and O–H groups in total. The molecule has 1 aliphatic heterocycles. The number of aromatic nitrogens is 4. The molecular formula is C20H26N6O3S. The number of fused-ring (bicyclic) bond motifs is 1. The van der Waals surface area contributed by atoms with Gasteiger partial charge in [0.05, 0.1) is 28.4 Å². The summed E-state index contributed by atoms with van der Waals surface area (Å²) in [6.07, 6.45) is 1.51. The molecule has 30 heavy (non-hydrogen) atoms. The molecule has 3 aromatic rings. The number of anilines is 1. The van der Waals surface area contributed by atoms with Crippen LogP contribution in [0.25, 0.3) is 10.9 Å². The highest BCUT2D eigenvalue weighted by molar-refractivity contribution is 7.89. The maximum Gasteiger partial charge on any atom is 0.246 e. The number of sulfonamides is 1. The second kappa shape index (κ2) is 7.84. The van der Waals surface area contributed by atoms with Crippen LogP contribution in [-0.4, -0.2) is 65.2 Å². The molecule has 0 spiro atoms. The Bertz CT molecular complexity index is 1150. The van der Waals surface area contributed by atoms with Gasteiger partial charge in [-0.2, -0.15) is 9.40 Å². The predicted octanol–water partition coefficient (Wildman–Crippen LogP) is 2.27. The van der Waals surface area contributed by atoms with Crippen LogP contribution in [-0.2, 0) is 10.0 Å². The highest BCUT2D eigenvalue weighted by atomic mass is 32.2. The number of piperazine rings is 1. The van der Waals surface area contributed by atoms with Crippen LogP contribution in [0.4, 0.5) is 5.69 Å². The summed E-state index contributed by atoms with van der Waals surface area (Å²) in [6.45, 7) is 9.36. The number of rotatable bonds is 5. The van der Waals surface area contributed by atoms with Gasteiger partial charge in [0.2, 0.25) is 15.9 Å². The van der Waals surface area contributed by atoms with Gasteiger partial charge in [-0.05, 0) is 45.9 Å². The van der Waals surface area contributed by atoms with Crippen molar-refractivity contribution in [2.75, 3.05) is 31.1 Å². The lowest BCUT2D eigenvalue weighted by atomic mass is 10.2. The summed E-state index contributed by atoms with van der Waals surface area (Å²) in [7, 11) is -3.57. The first-order valence-corrected chi connectivity index (χ1v) is 11.4. The van der Waals surface area contributed by atoms with Gasteiger partial charge in [-0.15, -0.1) is 0 Å². The van der Waals surface area contributed by atoms with Crippen LogP contribution >= 0.6 is 0 Å². The number of aryl methyl sites for hydroxylation is 2. The van der Waals surface area contributed by atoms with Crippen LogP contribution in [0.2, 0.25) is 0 Å². The summed E-state index contributed by atoms with van der Waals surface area (Å²) in [6, 6.07) is 5.96. The van der Waals surface area contributed by atoms with Crippen molar-refractivity contribution in [3.05, 3.63) is 35.9 Å². The van der Waals surface area contributed by atoms with Crippen LogP contribution in [0.1, 0.15) is 25.2 Å². The predicted molar refractivity (Wildman–Crippen MR) is 114 cm³/mol. The SMILES string of the molecule is Cc1n[nH]c(C)c1S(=O)(=O)N1CCN(c2ccc3ncnc(OC(C)C)c3c2)CC1. The molecule has 1 fully saturated rings. The van der Waals surface area contributed by atoms with Crippen molar-refractivity contribution >= 4 is 26.6 Å². The van der Waals surface area contributed by atoms with Crippen LogP contribution in [0.5, 0.6) is 5.88 Å². The third-order valence-electron chi connectivity index (χ3n) is 5.19. The molecule has 9 nitrogen and oxygen atoms in total. The van der Waals surface area contributed by atoms with Crippen LogP contribution < -0.4 is 9.64 Å². The van der Waals surface area contributed by atoms with Gasteiger partial charge in [0.1, 0.15) is 11.2 Å². The average Bonchev–Trinajstić information content (AvgIpc) is 3.06. The highest BCUT2D eigenvalue weighted by Crippen LogP contribution is 2.29. The van der Waals surface area contributed by atoms with Gasteiger partial charge in [-0.1, -0.05) is 0 Å². The molecule has 1 aliphatic rings. The first kappa shape index (κ1) is 20.5. The van der Waals surface area contributed by atoms with Crippen LogP contribution in [0.15, 0.2) is 29.4 Å². The maximum atomic E-state index is 13.1. The zero-order chi connectivity index (χ0) is 21.5. The van der Waals surface area contributed by atoms with E-state index in [1.165, 1.54) is 10.6 Å². The fraction of sp³-hybridized carbons (Fsp3) is 0.450. The Morgan fingerprint density at radius 1 is 1.10 bits per heavy atom. The minimum Gasteiger partial charge on any atom is -0.474 e. The number of benzene rings is 1. The quantitative estimate of drug-likeness (QED) is 0.662. The second-order valence-corrected chi connectivity index (χ2v) is 9.58. The Morgan fingerprint density at radius 3 is 2.47 bits per heavy atom. The summed E-state index contributed by atoms with van der Waals surface area (Å²) in [5, 5.41) is 7.65. The van der Waals surface area contributed by atoms with E-state index in [-0.39, 0.29) is 11.0 Å². The molecule has 0 aliphatic carbocycles. The first-order chi connectivity index (χ1) is 14.3. The Morgan fingerprint density at radius 2 is 1.83 bits per heavy atom. The van der Waals surface area contributed by atoms with E-state index in [9.17, 15) is 8.42 Å². The lowest BCUT2D eigenvalue weighted by Gasteiger charge is -2.35. The molecule has 2 aromatic heterocycles. The number of H-pyrrole nitrogens is 1. The van der Waals surface area contributed by atoms with Crippen molar-refractivity contribution in [1.29, 1.82) is 0 Å². The molecule has 160 valence electrons. The summed E-state index contributed by atoms with van der Waals surface area (Å²) in [5.74, 6) is 0.559. The lowest BCUT2D eigenvalue weighted by molar-refractivity contribution is 0.235. The topological polar surface area (TPSA) is 104 Å². The minimum absolute atomic E-state index is 0.00958. The van der Waals surface area contributed by atoms with E-state index >= 15 is 0 Å². The third kappa shape index (κ3) is 3.72. The van der Waals surface area contributed by atoms with Gasteiger partial charge in [0.25, 0.3) is 0 Å². The van der Waals surface area contributed by atoms with Gasteiger partial charge < -0.3 is 9.64 Å². The Balaban J connectivity index is 1.55. The molecule has 0 atom stereocenters. The van der Waals surface area contributed by atoms with E-state index in [0.29, 0.717) is 43.4 Å². The number of hydrogen-bond donors (Lipinski definition) is 1. The van der Waals surface area contributed by atoms with Gasteiger partial charge in [0, 0.05) is 31.9 Å². The van der Waals surface area contributed by atoms with E-state index in [0.717, 1.165) is 16.6 Å². The Hall–Kier alpha value is -2.72. The minimum atomic E-state index is -3.57. The lowest BCUT2D eigenvalue weighted by Crippen LogP contribution is -2.48. The molecule has 0 radical (unpaired) electrons. The summed E-state index contributed by atoms with van der Waals surface area (Å²) < 4.78 is 33.5. The Kier molecular flexibility index (Phi) is 5.37. The number of nitrogens with one attached hydrogen (secondary N) is 1. The monoisotopic (exact) mass is 430 g/mol. The summed E-state index contributed by atoms with van der Waals surface area (Å²) in [4.78, 5) is 11.1. The smallest absolute Gasteiger partial charge is 0.246 e. The normalized spacial score (nSPS) is 15.8. The highest BCUT2D eigenvalue weighted by Gasteiger charge is 2.32. The Labute approximate surface area is 176 Å². The van der Waals surface area contributed by atoms with Crippen molar-refractivity contribution in [3.8, 4) is 5.88 Å². The van der Waals surface area contributed by atoms with Gasteiger partial charge >= 0.3 is 0 Å². The zero-order valence-corrected chi connectivity index (χ0v) is 18.4. The van der Waals surface area contributed by atoms with Crippen LogP contribution in [0, 0.1) is 13.8 Å². The van der Waals surface area contributed by atoms with Gasteiger partial charge in [0.15, 0.2) is 0 Å².